The molecule has 3 N–H and O–H groups in total. The van der Waals surface area contributed by atoms with Gasteiger partial charge in [0.05, 0.1) is 12.1 Å². The number of nitrogens with one attached hydrogen (secondary N) is 1. The van der Waals surface area contributed by atoms with Gasteiger partial charge < -0.3 is 31.2 Å². The largest absolute Gasteiger partial charge is 1.00 e. The van der Waals surface area contributed by atoms with E-state index in [2.05, 4.69) is 10.3 Å². The number of fused-ring (bicyclic) bond motifs is 1. The van der Waals surface area contributed by atoms with Crippen molar-refractivity contribution >= 4 is 16.9 Å². The SMILES string of the molecule is CC(=O)Oc1ccc2c(Oc3ccc(C[C@@H](CO)NC[C@H](O)COc4ccccc4)cc3)ccnc2c1.[H-].[Na+]. The molecule has 0 aliphatic carbocycles. The van der Waals surface area contributed by atoms with E-state index in [1.54, 1.807) is 30.5 Å². The van der Waals surface area contributed by atoms with Gasteiger partial charge in [-0.2, -0.15) is 0 Å². The quantitative estimate of drug-likeness (QED) is 0.143. The van der Waals surface area contributed by atoms with Crippen molar-refractivity contribution < 1.29 is 60.2 Å². The van der Waals surface area contributed by atoms with E-state index in [0.717, 1.165) is 10.9 Å². The third-order valence-electron chi connectivity index (χ3n) is 5.62. The summed E-state index contributed by atoms with van der Waals surface area (Å²) in [6.45, 7) is 1.75. The van der Waals surface area contributed by atoms with Crippen LogP contribution in [0.1, 0.15) is 13.9 Å². The fourth-order valence-electron chi connectivity index (χ4n) is 3.80. The number of pyridine rings is 1. The molecule has 4 rings (SSSR count). The van der Waals surface area contributed by atoms with Crippen molar-refractivity contribution in [2.24, 2.45) is 0 Å². The number of aromatic nitrogens is 1. The van der Waals surface area contributed by atoms with Gasteiger partial charge in [0.15, 0.2) is 0 Å². The van der Waals surface area contributed by atoms with Crippen molar-refractivity contribution in [2.45, 2.75) is 25.5 Å². The Balaban J connectivity index is 0.00000267. The molecule has 0 unspecified atom stereocenters. The van der Waals surface area contributed by atoms with Gasteiger partial charge in [0.25, 0.3) is 0 Å². The zero-order valence-electron chi connectivity index (χ0n) is 22.5. The van der Waals surface area contributed by atoms with Crippen LogP contribution in [0.25, 0.3) is 10.9 Å². The van der Waals surface area contributed by atoms with Gasteiger partial charge in [0.2, 0.25) is 0 Å². The standard InChI is InChI=1S/C29H30N2O6.Na.H/c1-20(33)36-26-11-12-27-28(16-26)30-14-13-29(27)37-25-9-7-21(8-10-25)15-22(18-32)31-17-23(34)19-35-24-5-3-2-4-6-24;;/h2-14,16,22-23,31-32,34H,15,17-19H2,1H3;;/q;+1;-1/t22-,23-;;/m0../s1. The van der Waals surface area contributed by atoms with Gasteiger partial charge in [-0.05, 0) is 54.4 Å². The van der Waals surface area contributed by atoms with Crippen LogP contribution in [0, 0.1) is 0 Å². The van der Waals surface area contributed by atoms with Crippen LogP contribution >= 0.6 is 0 Å². The Morgan fingerprint density at radius 3 is 2.45 bits per heavy atom. The number of aliphatic hydroxyl groups excluding tert-OH is 2. The van der Waals surface area contributed by atoms with Crippen LogP contribution in [-0.2, 0) is 11.2 Å². The Hall–Kier alpha value is -2.98. The number of carbonyl (C=O) groups is 1. The molecule has 0 saturated heterocycles. The second-order valence-electron chi connectivity index (χ2n) is 8.60. The molecule has 0 amide bonds. The minimum absolute atomic E-state index is 0. The minimum Gasteiger partial charge on any atom is -1.00 e. The van der Waals surface area contributed by atoms with Crippen LogP contribution in [0.15, 0.2) is 85.1 Å². The Morgan fingerprint density at radius 1 is 1.00 bits per heavy atom. The van der Waals surface area contributed by atoms with E-state index in [0.29, 0.717) is 41.5 Å². The average Bonchev–Trinajstić information content (AvgIpc) is 2.91. The van der Waals surface area contributed by atoms with E-state index in [-0.39, 0.29) is 50.2 Å². The van der Waals surface area contributed by atoms with Crippen molar-refractivity contribution in [1.82, 2.24) is 10.3 Å². The summed E-state index contributed by atoms with van der Waals surface area (Å²) in [6, 6.07) is 23.7. The van der Waals surface area contributed by atoms with Gasteiger partial charge in [-0.3, -0.25) is 9.78 Å². The molecule has 38 heavy (non-hydrogen) atoms. The van der Waals surface area contributed by atoms with Gasteiger partial charge in [-0.1, -0.05) is 30.3 Å². The number of benzene rings is 3. The van der Waals surface area contributed by atoms with Crippen LogP contribution in [0.4, 0.5) is 0 Å². The summed E-state index contributed by atoms with van der Waals surface area (Å²) in [5, 5.41) is 24.0. The number of nitrogens with zero attached hydrogens (tertiary/aromatic N) is 1. The summed E-state index contributed by atoms with van der Waals surface area (Å²) in [5.41, 5.74) is 1.67. The molecular formula is C29H31N2NaO6. The molecule has 0 bridgehead atoms. The monoisotopic (exact) mass is 526 g/mol. The Morgan fingerprint density at radius 2 is 1.74 bits per heavy atom. The second-order valence-corrected chi connectivity index (χ2v) is 8.60. The number of hydrogen-bond acceptors (Lipinski definition) is 8. The summed E-state index contributed by atoms with van der Waals surface area (Å²) >= 11 is 0. The first-order chi connectivity index (χ1) is 18.0. The maximum atomic E-state index is 11.2. The van der Waals surface area contributed by atoms with Crippen molar-refractivity contribution in [3.8, 4) is 23.0 Å². The summed E-state index contributed by atoms with van der Waals surface area (Å²) in [7, 11) is 0. The van der Waals surface area contributed by atoms with Crippen molar-refractivity contribution in [1.29, 1.82) is 0 Å². The molecular weight excluding hydrogens is 495 g/mol. The number of ether oxygens (including phenoxy) is 3. The van der Waals surface area contributed by atoms with Crippen molar-refractivity contribution in [3.05, 3.63) is 90.6 Å². The van der Waals surface area contributed by atoms with Gasteiger partial charge in [0, 0.05) is 37.2 Å². The first kappa shape index (κ1) is 29.6. The second kappa shape index (κ2) is 14.8. The van der Waals surface area contributed by atoms with Crippen LogP contribution in [-0.4, -0.2) is 53.1 Å². The summed E-state index contributed by atoms with van der Waals surface area (Å²) < 4.78 is 16.8. The molecule has 0 aliphatic rings. The molecule has 0 spiro atoms. The number of carbonyl (C=O) groups excluding carboxylic acids is 1. The van der Waals surface area contributed by atoms with Crippen molar-refractivity contribution in [3.63, 3.8) is 0 Å². The third kappa shape index (κ3) is 8.80. The predicted molar refractivity (Wildman–Crippen MR) is 141 cm³/mol. The molecule has 9 heteroatoms. The molecule has 1 aromatic heterocycles. The number of esters is 1. The van der Waals surface area contributed by atoms with Crippen LogP contribution in [0.5, 0.6) is 23.0 Å². The zero-order valence-corrected chi connectivity index (χ0v) is 23.5. The van der Waals surface area contributed by atoms with Gasteiger partial charge in [-0.25, -0.2) is 0 Å². The van der Waals surface area contributed by atoms with Crippen LogP contribution < -0.4 is 49.1 Å². The molecule has 194 valence electrons. The maximum Gasteiger partial charge on any atom is 1.00 e. The van der Waals surface area contributed by atoms with Gasteiger partial charge in [-0.15, -0.1) is 0 Å². The number of aliphatic hydroxyl groups is 2. The Labute approximate surface area is 245 Å². The van der Waals surface area contributed by atoms with Gasteiger partial charge in [0.1, 0.15) is 35.7 Å². The van der Waals surface area contributed by atoms with E-state index in [9.17, 15) is 15.0 Å². The van der Waals surface area contributed by atoms with Crippen molar-refractivity contribution in [2.75, 3.05) is 19.8 Å². The minimum atomic E-state index is -0.703. The number of rotatable bonds is 12. The third-order valence-corrected chi connectivity index (χ3v) is 5.62. The predicted octanol–water partition coefficient (Wildman–Crippen LogP) is 1.00. The maximum absolute atomic E-state index is 11.2. The van der Waals surface area contributed by atoms with Crippen LogP contribution in [0.3, 0.4) is 0 Å². The van der Waals surface area contributed by atoms with E-state index in [1.807, 2.05) is 54.6 Å². The zero-order chi connectivity index (χ0) is 26.0. The molecule has 0 saturated carbocycles. The Kier molecular flexibility index (Phi) is 11.5. The number of para-hydroxylation sites is 1. The molecule has 8 nitrogen and oxygen atoms in total. The topological polar surface area (TPSA) is 110 Å². The fourth-order valence-corrected chi connectivity index (χ4v) is 3.80. The normalized spacial score (nSPS) is 12.3. The fraction of sp³-hybridized carbons (Fsp3) is 0.241. The average molecular weight is 527 g/mol. The van der Waals surface area contributed by atoms with Crippen LogP contribution in [0.2, 0.25) is 0 Å². The molecule has 0 radical (unpaired) electrons. The number of hydrogen-bond donors (Lipinski definition) is 3. The first-order valence-electron chi connectivity index (χ1n) is 12.0. The molecule has 1 heterocycles. The molecule has 0 aliphatic heterocycles. The summed E-state index contributed by atoms with van der Waals surface area (Å²) in [5.74, 6) is 2.03. The van der Waals surface area contributed by atoms with E-state index < -0.39 is 12.1 Å². The Bertz CT molecular complexity index is 1310. The smallest absolute Gasteiger partial charge is 1.00 e. The summed E-state index contributed by atoms with van der Waals surface area (Å²) in [6.07, 6.45) is 1.52. The van der Waals surface area contributed by atoms with E-state index >= 15 is 0 Å². The molecule has 0 fully saturated rings. The van der Waals surface area contributed by atoms with Gasteiger partial charge >= 0.3 is 35.5 Å². The first-order valence-corrected chi connectivity index (χ1v) is 12.0. The van der Waals surface area contributed by atoms with E-state index in [1.165, 1.54) is 6.92 Å². The summed E-state index contributed by atoms with van der Waals surface area (Å²) in [4.78, 5) is 15.5. The molecule has 4 aromatic rings. The molecule has 3 aromatic carbocycles. The molecule has 2 atom stereocenters. The van der Waals surface area contributed by atoms with E-state index in [4.69, 9.17) is 14.2 Å².